The van der Waals surface area contributed by atoms with Crippen LogP contribution in [0.4, 0.5) is 11.6 Å². The first-order valence-electron chi connectivity index (χ1n) is 7.94. The Balaban J connectivity index is 2.23. The second-order valence-corrected chi connectivity index (χ2v) is 5.97. The van der Waals surface area contributed by atoms with Crippen molar-refractivity contribution in [2.75, 3.05) is 24.3 Å². The van der Waals surface area contributed by atoms with Gasteiger partial charge in [-0.1, -0.05) is 26.7 Å². The minimum absolute atomic E-state index is 0.609. The third-order valence-corrected chi connectivity index (χ3v) is 4.41. The molecule has 1 saturated carbocycles. The van der Waals surface area contributed by atoms with Crippen LogP contribution in [0.2, 0.25) is 0 Å². The first kappa shape index (κ1) is 15.1. The molecule has 1 aromatic rings. The lowest BCUT2D eigenvalue weighted by Gasteiger charge is -2.37. The molecular formula is C16H28N4. The number of rotatable bonds is 5. The molecule has 20 heavy (non-hydrogen) atoms. The van der Waals surface area contributed by atoms with Crippen molar-refractivity contribution in [3.05, 3.63) is 11.9 Å². The van der Waals surface area contributed by atoms with E-state index in [0.717, 1.165) is 36.2 Å². The van der Waals surface area contributed by atoms with E-state index in [1.807, 2.05) is 7.05 Å². The van der Waals surface area contributed by atoms with Gasteiger partial charge in [0.05, 0.1) is 0 Å². The molecule has 4 nitrogen and oxygen atoms in total. The molecule has 2 unspecified atom stereocenters. The van der Waals surface area contributed by atoms with Crippen molar-refractivity contribution in [2.45, 2.75) is 58.4 Å². The van der Waals surface area contributed by atoms with Gasteiger partial charge in [0.2, 0.25) is 0 Å². The van der Waals surface area contributed by atoms with Crippen LogP contribution >= 0.6 is 0 Å². The number of hydrogen-bond donors (Lipinski definition) is 1. The molecule has 1 N–H and O–H groups in total. The summed E-state index contributed by atoms with van der Waals surface area (Å²) in [6.45, 7) is 4.54. The molecule has 1 fully saturated rings. The van der Waals surface area contributed by atoms with Gasteiger partial charge in [0, 0.05) is 32.6 Å². The number of hydrogen-bond acceptors (Lipinski definition) is 4. The van der Waals surface area contributed by atoms with Crippen LogP contribution in [0.5, 0.6) is 0 Å². The molecule has 2 rings (SSSR count). The van der Waals surface area contributed by atoms with E-state index in [9.17, 15) is 0 Å². The molecule has 1 aromatic heterocycles. The summed E-state index contributed by atoms with van der Waals surface area (Å²) < 4.78 is 0. The summed E-state index contributed by atoms with van der Waals surface area (Å²) in [5, 5.41) is 3.16. The van der Waals surface area contributed by atoms with E-state index in [1.54, 1.807) is 0 Å². The highest BCUT2D eigenvalue weighted by molar-refractivity contribution is 5.49. The highest BCUT2D eigenvalue weighted by Gasteiger charge is 2.26. The van der Waals surface area contributed by atoms with E-state index in [2.05, 4.69) is 42.2 Å². The van der Waals surface area contributed by atoms with Crippen molar-refractivity contribution < 1.29 is 0 Å². The second-order valence-electron chi connectivity index (χ2n) is 5.97. The lowest BCUT2D eigenvalue weighted by Crippen LogP contribution is -2.39. The van der Waals surface area contributed by atoms with Crippen molar-refractivity contribution >= 4 is 11.6 Å². The van der Waals surface area contributed by atoms with Crippen LogP contribution in [0.1, 0.15) is 51.8 Å². The maximum absolute atomic E-state index is 4.76. The minimum Gasteiger partial charge on any atom is -0.373 e. The highest BCUT2D eigenvalue weighted by Crippen LogP contribution is 2.30. The van der Waals surface area contributed by atoms with Gasteiger partial charge in [-0.05, 0) is 25.2 Å². The van der Waals surface area contributed by atoms with Gasteiger partial charge in [0.15, 0.2) is 0 Å². The highest BCUT2D eigenvalue weighted by atomic mass is 15.2. The lowest BCUT2D eigenvalue weighted by molar-refractivity contribution is 0.320. The fourth-order valence-electron chi connectivity index (χ4n) is 3.17. The molecular weight excluding hydrogens is 248 g/mol. The van der Waals surface area contributed by atoms with Gasteiger partial charge in [0.25, 0.3) is 0 Å². The summed E-state index contributed by atoms with van der Waals surface area (Å²) in [7, 11) is 4.11. The molecule has 0 aliphatic heterocycles. The summed E-state index contributed by atoms with van der Waals surface area (Å²) in [5.74, 6) is 3.68. The average molecular weight is 276 g/mol. The van der Waals surface area contributed by atoms with Gasteiger partial charge in [-0.2, -0.15) is 0 Å². The molecule has 1 aliphatic rings. The Labute approximate surface area is 123 Å². The summed E-state index contributed by atoms with van der Waals surface area (Å²) in [4.78, 5) is 11.7. The van der Waals surface area contributed by atoms with Crippen molar-refractivity contribution in [3.8, 4) is 0 Å². The van der Waals surface area contributed by atoms with E-state index >= 15 is 0 Å². The Hall–Kier alpha value is -1.32. The summed E-state index contributed by atoms with van der Waals surface area (Å²) in [6.07, 6.45) is 7.34. The SMILES string of the molecule is CCCc1nc(NC)cc(N(C)C2CCCCC2C)n1. The lowest BCUT2D eigenvalue weighted by atomic mass is 9.85. The number of aryl methyl sites for hydroxylation is 1. The fourth-order valence-corrected chi connectivity index (χ4v) is 3.17. The number of anilines is 2. The molecule has 1 heterocycles. The first-order valence-corrected chi connectivity index (χ1v) is 7.94. The van der Waals surface area contributed by atoms with Crippen LogP contribution in [0, 0.1) is 5.92 Å². The molecule has 0 amide bonds. The predicted octanol–water partition coefficient (Wildman–Crippen LogP) is 3.49. The topological polar surface area (TPSA) is 41.1 Å². The third-order valence-electron chi connectivity index (χ3n) is 4.41. The van der Waals surface area contributed by atoms with Crippen molar-refractivity contribution in [1.82, 2.24) is 9.97 Å². The molecule has 0 spiro atoms. The Morgan fingerprint density at radius 1 is 1.30 bits per heavy atom. The standard InChI is InChI=1S/C16H28N4/c1-5-8-14-18-15(17-3)11-16(19-14)20(4)13-10-7-6-9-12(13)2/h11-13H,5-10H2,1-4H3,(H,17,18,19). The van der Waals surface area contributed by atoms with Gasteiger partial charge in [-0.3, -0.25) is 0 Å². The predicted molar refractivity (Wildman–Crippen MR) is 85.4 cm³/mol. The van der Waals surface area contributed by atoms with Crippen LogP contribution in [0.15, 0.2) is 6.07 Å². The Bertz CT molecular complexity index is 432. The van der Waals surface area contributed by atoms with Crippen LogP contribution in [-0.2, 0) is 6.42 Å². The molecule has 112 valence electrons. The molecule has 0 bridgehead atoms. The van der Waals surface area contributed by atoms with E-state index < -0.39 is 0 Å². The van der Waals surface area contributed by atoms with Gasteiger partial charge < -0.3 is 10.2 Å². The quantitative estimate of drug-likeness (QED) is 0.894. The number of nitrogens with one attached hydrogen (secondary N) is 1. The summed E-state index contributed by atoms with van der Waals surface area (Å²) in [6, 6.07) is 2.68. The largest absolute Gasteiger partial charge is 0.373 e. The monoisotopic (exact) mass is 276 g/mol. The van der Waals surface area contributed by atoms with Crippen LogP contribution in [0.25, 0.3) is 0 Å². The Morgan fingerprint density at radius 3 is 2.70 bits per heavy atom. The normalized spacial score (nSPS) is 22.6. The van der Waals surface area contributed by atoms with E-state index in [4.69, 9.17) is 4.98 Å². The maximum atomic E-state index is 4.76. The molecule has 0 saturated heterocycles. The Kier molecular flexibility index (Phi) is 5.21. The zero-order valence-corrected chi connectivity index (χ0v) is 13.3. The minimum atomic E-state index is 0.609. The molecule has 0 radical (unpaired) electrons. The van der Waals surface area contributed by atoms with E-state index in [0.29, 0.717) is 6.04 Å². The smallest absolute Gasteiger partial charge is 0.134 e. The molecule has 4 heteroatoms. The van der Waals surface area contributed by atoms with Gasteiger partial charge in [0.1, 0.15) is 17.5 Å². The first-order chi connectivity index (χ1) is 9.65. The van der Waals surface area contributed by atoms with Crippen LogP contribution in [0.3, 0.4) is 0 Å². The van der Waals surface area contributed by atoms with Gasteiger partial charge >= 0.3 is 0 Å². The van der Waals surface area contributed by atoms with Gasteiger partial charge in [-0.15, -0.1) is 0 Å². The van der Waals surface area contributed by atoms with Crippen LogP contribution in [-0.4, -0.2) is 30.1 Å². The number of aromatic nitrogens is 2. The Morgan fingerprint density at radius 2 is 2.05 bits per heavy atom. The van der Waals surface area contributed by atoms with Crippen molar-refractivity contribution in [1.29, 1.82) is 0 Å². The van der Waals surface area contributed by atoms with Gasteiger partial charge in [-0.25, -0.2) is 9.97 Å². The average Bonchev–Trinajstić information content (AvgIpc) is 2.47. The second kappa shape index (κ2) is 6.91. The fraction of sp³-hybridized carbons (Fsp3) is 0.750. The zero-order chi connectivity index (χ0) is 14.5. The van der Waals surface area contributed by atoms with Crippen LogP contribution < -0.4 is 10.2 Å². The third kappa shape index (κ3) is 3.41. The number of nitrogens with zero attached hydrogens (tertiary/aromatic N) is 3. The molecule has 2 atom stereocenters. The summed E-state index contributed by atoms with van der Waals surface area (Å²) >= 11 is 0. The zero-order valence-electron chi connectivity index (χ0n) is 13.3. The van der Waals surface area contributed by atoms with E-state index in [1.165, 1.54) is 25.7 Å². The molecule has 1 aliphatic carbocycles. The van der Waals surface area contributed by atoms with Crippen molar-refractivity contribution in [3.63, 3.8) is 0 Å². The van der Waals surface area contributed by atoms with E-state index in [-0.39, 0.29) is 0 Å². The maximum Gasteiger partial charge on any atom is 0.134 e. The van der Waals surface area contributed by atoms with Crippen molar-refractivity contribution in [2.24, 2.45) is 5.92 Å². The molecule has 0 aromatic carbocycles. The summed E-state index contributed by atoms with van der Waals surface area (Å²) in [5.41, 5.74) is 0.